The molecule has 0 unspecified atom stereocenters. The van der Waals surface area contributed by atoms with Crippen molar-refractivity contribution in [2.75, 3.05) is 17.7 Å². The third-order valence-corrected chi connectivity index (χ3v) is 5.97. The van der Waals surface area contributed by atoms with Crippen molar-refractivity contribution in [1.82, 2.24) is 9.62 Å². The lowest BCUT2D eigenvalue weighted by molar-refractivity contribution is -0.122. The van der Waals surface area contributed by atoms with Gasteiger partial charge in [-0.05, 0) is 42.6 Å². The topological polar surface area (TPSA) is 124 Å². The molecule has 2 heterocycles. The lowest BCUT2D eigenvalue weighted by atomic mass is 10.1. The van der Waals surface area contributed by atoms with Crippen LogP contribution in [0.4, 0.5) is 10.1 Å². The molecule has 0 saturated carbocycles. The highest BCUT2D eigenvalue weighted by molar-refractivity contribution is 7.88. The number of thiocarbonyl (C=S) groups is 1. The Morgan fingerprint density at radius 3 is 2.66 bits per heavy atom. The molecule has 0 aliphatic carbocycles. The number of halogens is 1. The molecule has 12 heteroatoms. The number of carbonyl (C=O) groups is 2. The molecule has 2 aromatic rings. The van der Waals surface area contributed by atoms with Gasteiger partial charge in [-0.2, -0.15) is 9.57 Å². The van der Waals surface area contributed by atoms with Crippen LogP contribution in [0.25, 0.3) is 6.08 Å². The fraction of sp³-hybridized carbons (Fsp3) is 0.200. The van der Waals surface area contributed by atoms with Crippen molar-refractivity contribution in [3.05, 3.63) is 59.3 Å². The van der Waals surface area contributed by atoms with Gasteiger partial charge in [0.1, 0.15) is 22.9 Å². The minimum absolute atomic E-state index is 0.00511. The van der Waals surface area contributed by atoms with Crippen molar-refractivity contribution < 1.29 is 26.8 Å². The molecule has 166 valence electrons. The number of hydrogen-bond donors (Lipinski definition) is 1. The molecule has 1 fully saturated rings. The fourth-order valence-corrected chi connectivity index (χ4v) is 3.98. The average Bonchev–Trinajstić information content (AvgIpc) is 3.16. The third-order valence-electron chi connectivity index (χ3n) is 4.44. The van der Waals surface area contributed by atoms with Gasteiger partial charge in [0.15, 0.2) is 5.11 Å². The molecule has 2 amide bonds. The summed E-state index contributed by atoms with van der Waals surface area (Å²) in [7, 11) is -3.59. The maximum absolute atomic E-state index is 14.2. The number of nitriles is 1. The van der Waals surface area contributed by atoms with Crippen molar-refractivity contribution in [2.24, 2.45) is 0 Å². The van der Waals surface area contributed by atoms with E-state index in [9.17, 15) is 22.4 Å². The van der Waals surface area contributed by atoms with Gasteiger partial charge in [-0.1, -0.05) is 12.1 Å². The number of rotatable bonds is 7. The van der Waals surface area contributed by atoms with Crippen molar-refractivity contribution in [2.45, 2.75) is 13.0 Å². The Bertz CT molecular complexity index is 1260. The zero-order valence-corrected chi connectivity index (χ0v) is 18.4. The normalized spacial score (nSPS) is 15.9. The number of furan rings is 1. The lowest BCUT2D eigenvalue weighted by Gasteiger charge is -2.28. The molecule has 0 radical (unpaired) electrons. The fourth-order valence-electron chi connectivity index (χ4n) is 2.92. The van der Waals surface area contributed by atoms with E-state index in [1.165, 1.54) is 30.3 Å². The van der Waals surface area contributed by atoms with Crippen LogP contribution in [-0.2, 0) is 26.2 Å². The number of para-hydroxylation sites is 1. The Balaban J connectivity index is 1.88. The predicted octanol–water partition coefficient (Wildman–Crippen LogP) is 1.93. The maximum atomic E-state index is 14.2. The molecule has 1 aliphatic rings. The van der Waals surface area contributed by atoms with E-state index < -0.39 is 27.7 Å². The molecule has 32 heavy (non-hydrogen) atoms. The molecular weight excluding hydrogens is 459 g/mol. The van der Waals surface area contributed by atoms with Crippen LogP contribution in [0.3, 0.4) is 0 Å². The van der Waals surface area contributed by atoms with Gasteiger partial charge in [-0.3, -0.25) is 14.9 Å². The summed E-state index contributed by atoms with van der Waals surface area (Å²) in [6, 6.07) is 10.3. The number of nitrogens with one attached hydrogen (secondary N) is 1. The largest absolute Gasteiger partial charge is 0.460 e. The Labute approximate surface area is 188 Å². The van der Waals surface area contributed by atoms with E-state index in [1.54, 1.807) is 0 Å². The van der Waals surface area contributed by atoms with Crippen LogP contribution in [0.2, 0.25) is 0 Å². The second kappa shape index (κ2) is 9.39. The summed E-state index contributed by atoms with van der Waals surface area (Å²) in [5, 5.41) is 10.8. The summed E-state index contributed by atoms with van der Waals surface area (Å²) in [5.41, 5.74) is -0.456. The Kier molecular flexibility index (Phi) is 6.83. The summed E-state index contributed by atoms with van der Waals surface area (Å²) >= 11 is 5.03. The SMILES string of the molecule is CS(=O)(=O)N(CCC#N)Cc1ccc(/C=C2\C(=O)NC(=S)N(c3ccccc3F)C2=O)o1. The second-order valence-electron chi connectivity index (χ2n) is 6.72. The van der Waals surface area contributed by atoms with Gasteiger partial charge < -0.3 is 4.42 Å². The van der Waals surface area contributed by atoms with E-state index in [-0.39, 0.29) is 47.4 Å². The van der Waals surface area contributed by atoms with Gasteiger partial charge in [-0.25, -0.2) is 17.7 Å². The first-order valence-corrected chi connectivity index (χ1v) is 11.4. The minimum Gasteiger partial charge on any atom is -0.460 e. The number of nitrogens with zero attached hydrogens (tertiary/aromatic N) is 3. The highest BCUT2D eigenvalue weighted by atomic mass is 32.2. The molecular formula is C20H17FN4O5S2. The summed E-state index contributed by atoms with van der Waals surface area (Å²) < 4.78 is 44.6. The first-order valence-electron chi connectivity index (χ1n) is 9.18. The number of carbonyl (C=O) groups excluding carboxylic acids is 2. The molecule has 1 aromatic carbocycles. The molecule has 1 N–H and O–H groups in total. The van der Waals surface area contributed by atoms with Crippen LogP contribution < -0.4 is 10.2 Å². The van der Waals surface area contributed by atoms with Crippen LogP contribution in [0.5, 0.6) is 0 Å². The Morgan fingerprint density at radius 2 is 2.00 bits per heavy atom. The van der Waals surface area contributed by atoms with E-state index in [0.717, 1.165) is 27.6 Å². The first-order chi connectivity index (χ1) is 15.1. The monoisotopic (exact) mass is 476 g/mol. The smallest absolute Gasteiger partial charge is 0.270 e. The standard InChI is InChI=1S/C20H17FN4O5S2/c1-32(28,29)24(10-4-9-22)12-14-8-7-13(30-14)11-15-18(26)23-20(31)25(19(15)27)17-6-3-2-5-16(17)21/h2-3,5-8,11H,4,10,12H2,1H3,(H,23,26,31)/b15-11+. The molecule has 0 atom stereocenters. The summed E-state index contributed by atoms with van der Waals surface area (Å²) in [5.74, 6) is -1.97. The summed E-state index contributed by atoms with van der Waals surface area (Å²) in [6.07, 6.45) is 2.18. The van der Waals surface area contributed by atoms with Crippen molar-refractivity contribution in [3.63, 3.8) is 0 Å². The van der Waals surface area contributed by atoms with Gasteiger partial charge in [0.25, 0.3) is 11.8 Å². The Hall–Kier alpha value is -3.40. The average molecular weight is 477 g/mol. The molecule has 3 rings (SSSR count). The van der Waals surface area contributed by atoms with E-state index in [0.29, 0.717) is 0 Å². The third kappa shape index (κ3) is 5.08. The minimum atomic E-state index is -3.59. The van der Waals surface area contributed by atoms with E-state index in [4.69, 9.17) is 21.9 Å². The van der Waals surface area contributed by atoms with E-state index >= 15 is 0 Å². The van der Waals surface area contributed by atoms with Crippen LogP contribution >= 0.6 is 12.2 Å². The quantitative estimate of drug-likeness (QED) is 0.368. The van der Waals surface area contributed by atoms with Gasteiger partial charge >= 0.3 is 0 Å². The van der Waals surface area contributed by atoms with Crippen LogP contribution in [0, 0.1) is 17.1 Å². The number of hydrogen-bond acceptors (Lipinski definition) is 7. The molecule has 1 aromatic heterocycles. The van der Waals surface area contributed by atoms with Gasteiger partial charge in [0.2, 0.25) is 10.0 Å². The molecule has 1 saturated heterocycles. The number of sulfonamides is 1. The van der Waals surface area contributed by atoms with Crippen LogP contribution in [0.15, 0.2) is 46.4 Å². The highest BCUT2D eigenvalue weighted by Crippen LogP contribution is 2.25. The highest BCUT2D eigenvalue weighted by Gasteiger charge is 2.36. The molecule has 0 bridgehead atoms. The van der Waals surface area contributed by atoms with E-state index in [2.05, 4.69) is 5.32 Å². The summed E-state index contributed by atoms with van der Waals surface area (Å²) in [4.78, 5) is 26.1. The number of benzene rings is 1. The lowest BCUT2D eigenvalue weighted by Crippen LogP contribution is -2.54. The van der Waals surface area contributed by atoms with Gasteiger partial charge in [0.05, 0.1) is 24.6 Å². The zero-order chi connectivity index (χ0) is 23.5. The van der Waals surface area contributed by atoms with Crippen LogP contribution in [-0.4, -0.2) is 42.5 Å². The zero-order valence-electron chi connectivity index (χ0n) is 16.7. The van der Waals surface area contributed by atoms with Gasteiger partial charge in [0, 0.05) is 13.0 Å². The Morgan fingerprint density at radius 1 is 1.28 bits per heavy atom. The molecule has 9 nitrogen and oxygen atoms in total. The van der Waals surface area contributed by atoms with Gasteiger partial charge in [-0.15, -0.1) is 0 Å². The number of amides is 2. The van der Waals surface area contributed by atoms with Crippen molar-refractivity contribution >= 4 is 50.9 Å². The maximum Gasteiger partial charge on any atom is 0.270 e. The van der Waals surface area contributed by atoms with E-state index in [1.807, 2.05) is 6.07 Å². The summed E-state index contributed by atoms with van der Waals surface area (Å²) in [6.45, 7) is -0.141. The predicted molar refractivity (Wildman–Crippen MR) is 117 cm³/mol. The van der Waals surface area contributed by atoms with Crippen LogP contribution in [0.1, 0.15) is 17.9 Å². The first kappa shape index (κ1) is 23.3. The molecule has 1 aliphatic heterocycles. The number of anilines is 1. The second-order valence-corrected chi connectivity index (χ2v) is 9.09. The van der Waals surface area contributed by atoms with Crippen molar-refractivity contribution in [1.29, 1.82) is 5.26 Å². The van der Waals surface area contributed by atoms with Crippen molar-refractivity contribution in [3.8, 4) is 6.07 Å². The molecule has 0 spiro atoms.